The van der Waals surface area contributed by atoms with E-state index < -0.39 is 18.7 Å². The van der Waals surface area contributed by atoms with Gasteiger partial charge in [-0.25, -0.2) is 9.59 Å². The summed E-state index contributed by atoms with van der Waals surface area (Å²) in [4.78, 5) is 23.0. The highest BCUT2D eigenvalue weighted by Crippen LogP contribution is 2.20. The molecule has 0 aliphatic carbocycles. The van der Waals surface area contributed by atoms with Crippen LogP contribution in [0.1, 0.15) is 0 Å². The summed E-state index contributed by atoms with van der Waals surface area (Å²) in [6, 6.07) is 13.0. The van der Waals surface area contributed by atoms with E-state index in [-0.39, 0.29) is 0 Å². The van der Waals surface area contributed by atoms with E-state index in [0.717, 1.165) is 0 Å². The Morgan fingerprint density at radius 2 is 1.68 bits per heavy atom. The van der Waals surface area contributed by atoms with Crippen molar-refractivity contribution >= 4 is 41.0 Å². The van der Waals surface area contributed by atoms with Crippen molar-refractivity contribution in [3.63, 3.8) is 0 Å². The summed E-state index contributed by atoms with van der Waals surface area (Å²) in [5.74, 6) is -0.396. The Morgan fingerprint density at radius 3 is 2.36 bits per heavy atom. The van der Waals surface area contributed by atoms with Gasteiger partial charge < -0.3 is 9.47 Å². The first kappa shape index (κ1) is 16.1. The molecule has 0 aromatic heterocycles. The van der Waals surface area contributed by atoms with Gasteiger partial charge in [0.25, 0.3) is 0 Å². The molecule has 114 valence electrons. The molecular weight excluding hydrogens is 329 g/mol. The van der Waals surface area contributed by atoms with Crippen LogP contribution in [0.25, 0.3) is 0 Å². The van der Waals surface area contributed by atoms with Crippen molar-refractivity contribution in [2.45, 2.75) is 0 Å². The van der Waals surface area contributed by atoms with Crippen LogP contribution >= 0.6 is 23.2 Å². The number of halogens is 2. The van der Waals surface area contributed by atoms with Crippen molar-refractivity contribution < 1.29 is 19.1 Å². The highest BCUT2D eigenvalue weighted by Gasteiger charge is 2.12. The quantitative estimate of drug-likeness (QED) is 0.671. The number of carbonyl (C=O) groups is 2. The molecule has 0 heterocycles. The van der Waals surface area contributed by atoms with E-state index in [9.17, 15) is 9.59 Å². The molecule has 0 atom stereocenters. The van der Waals surface area contributed by atoms with Gasteiger partial charge in [0.05, 0.1) is 10.7 Å². The van der Waals surface area contributed by atoms with Gasteiger partial charge in [0.15, 0.2) is 6.61 Å². The number of esters is 1. The number of hydrogen-bond acceptors (Lipinski definition) is 4. The second-order valence-electron chi connectivity index (χ2n) is 4.11. The average Bonchev–Trinajstić information content (AvgIpc) is 2.49. The Kier molecular flexibility index (Phi) is 5.63. The number of rotatable bonds is 4. The third-order valence-corrected chi connectivity index (χ3v) is 3.07. The predicted octanol–water partition coefficient (Wildman–Crippen LogP) is 4.15. The van der Waals surface area contributed by atoms with Crippen molar-refractivity contribution in [3.8, 4) is 5.75 Å². The van der Waals surface area contributed by atoms with Gasteiger partial charge in [-0.2, -0.15) is 0 Å². The zero-order valence-electron chi connectivity index (χ0n) is 11.2. The Morgan fingerprint density at radius 1 is 1.00 bits per heavy atom. The molecule has 5 nitrogen and oxygen atoms in total. The lowest BCUT2D eigenvalue weighted by molar-refractivity contribution is -0.139. The summed E-state index contributed by atoms with van der Waals surface area (Å²) < 4.78 is 9.71. The number of nitrogens with one attached hydrogen (secondary N) is 1. The maximum Gasteiger partial charge on any atom is 0.419 e. The lowest BCUT2D eigenvalue weighted by atomic mass is 10.3. The predicted molar refractivity (Wildman–Crippen MR) is 83.5 cm³/mol. The zero-order chi connectivity index (χ0) is 15.9. The van der Waals surface area contributed by atoms with Crippen molar-refractivity contribution in [2.75, 3.05) is 11.9 Å². The van der Waals surface area contributed by atoms with Crippen molar-refractivity contribution in [1.29, 1.82) is 0 Å². The van der Waals surface area contributed by atoms with Gasteiger partial charge in [-0.05, 0) is 36.4 Å². The lowest BCUT2D eigenvalue weighted by Crippen LogP contribution is -2.23. The van der Waals surface area contributed by atoms with E-state index in [2.05, 4.69) is 10.1 Å². The van der Waals surface area contributed by atoms with E-state index in [1.165, 1.54) is 0 Å². The fourth-order valence-corrected chi connectivity index (χ4v) is 1.81. The number of ether oxygens (including phenoxy) is 2. The first-order valence-corrected chi connectivity index (χ1v) is 6.95. The highest BCUT2D eigenvalue weighted by atomic mass is 35.5. The fraction of sp³-hybridized carbons (Fsp3) is 0.0667. The molecule has 7 heteroatoms. The second kappa shape index (κ2) is 7.68. The number of carbonyl (C=O) groups excluding carboxylic acids is 2. The maximum absolute atomic E-state index is 11.5. The summed E-state index contributed by atoms with van der Waals surface area (Å²) in [6.45, 7) is -0.405. The molecule has 2 rings (SSSR count). The van der Waals surface area contributed by atoms with Crippen LogP contribution < -0.4 is 10.1 Å². The SMILES string of the molecule is O=C(COc1ccc(Cl)cc1)OC(=O)Nc1ccccc1Cl. The van der Waals surface area contributed by atoms with E-state index in [1.54, 1.807) is 48.5 Å². The summed E-state index contributed by atoms with van der Waals surface area (Å²) in [7, 11) is 0. The number of para-hydroxylation sites is 1. The summed E-state index contributed by atoms with van der Waals surface area (Å²) in [5.41, 5.74) is 0.348. The number of benzene rings is 2. The molecule has 0 aliphatic heterocycles. The molecule has 0 unspecified atom stereocenters. The van der Waals surface area contributed by atoms with Gasteiger partial charge in [0, 0.05) is 5.02 Å². The van der Waals surface area contributed by atoms with Crippen LogP contribution in [-0.4, -0.2) is 18.7 Å². The third kappa shape index (κ3) is 4.95. The van der Waals surface area contributed by atoms with Gasteiger partial charge in [-0.15, -0.1) is 0 Å². The Hall–Kier alpha value is -2.24. The van der Waals surface area contributed by atoms with Gasteiger partial charge in [-0.3, -0.25) is 5.32 Å². The molecular formula is C15H11Cl2NO4. The molecule has 1 amide bonds. The topological polar surface area (TPSA) is 64.6 Å². The van der Waals surface area contributed by atoms with Crippen molar-refractivity contribution in [1.82, 2.24) is 0 Å². The van der Waals surface area contributed by atoms with Crippen LogP contribution in [0.2, 0.25) is 10.0 Å². The first-order valence-electron chi connectivity index (χ1n) is 6.19. The molecule has 2 aromatic carbocycles. The normalized spacial score (nSPS) is 9.91. The van der Waals surface area contributed by atoms with Crippen LogP contribution in [0.4, 0.5) is 10.5 Å². The Labute approximate surface area is 136 Å². The van der Waals surface area contributed by atoms with Crippen LogP contribution in [0, 0.1) is 0 Å². The molecule has 0 bridgehead atoms. The lowest BCUT2D eigenvalue weighted by Gasteiger charge is -2.08. The Balaban J connectivity index is 1.80. The molecule has 0 aliphatic rings. The molecule has 1 N–H and O–H groups in total. The van der Waals surface area contributed by atoms with E-state index in [0.29, 0.717) is 21.5 Å². The van der Waals surface area contributed by atoms with E-state index in [1.807, 2.05) is 0 Å². The van der Waals surface area contributed by atoms with Gasteiger partial charge in [0.2, 0.25) is 0 Å². The van der Waals surface area contributed by atoms with Crippen molar-refractivity contribution in [3.05, 3.63) is 58.6 Å². The largest absolute Gasteiger partial charge is 0.482 e. The number of anilines is 1. The van der Waals surface area contributed by atoms with Crippen LogP contribution in [0.5, 0.6) is 5.75 Å². The molecule has 0 saturated heterocycles. The van der Waals surface area contributed by atoms with E-state index >= 15 is 0 Å². The van der Waals surface area contributed by atoms with Crippen molar-refractivity contribution in [2.24, 2.45) is 0 Å². The molecule has 0 spiro atoms. The first-order chi connectivity index (χ1) is 10.5. The highest BCUT2D eigenvalue weighted by molar-refractivity contribution is 6.33. The molecule has 2 aromatic rings. The van der Waals surface area contributed by atoms with Crippen LogP contribution in [0.3, 0.4) is 0 Å². The van der Waals surface area contributed by atoms with Gasteiger partial charge in [0.1, 0.15) is 5.75 Å². The van der Waals surface area contributed by atoms with Crippen LogP contribution in [0.15, 0.2) is 48.5 Å². The molecule has 0 radical (unpaired) electrons. The minimum Gasteiger partial charge on any atom is -0.482 e. The summed E-state index contributed by atoms with van der Waals surface area (Å²) in [5, 5.41) is 3.25. The van der Waals surface area contributed by atoms with Gasteiger partial charge in [-0.1, -0.05) is 35.3 Å². The zero-order valence-corrected chi connectivity index (χ0v) is 12.7. The second-order valence-corrected chi connectivity index (χ2v) is 4.95. The smallest absolute Gasteiger partial charge is 0.419 e. The third-order valence-electron chi connectivity index (χ3n) is 2.49. The average molecular weight is 340 g/mol. The number of hydrogen-bond donors (Lipinski definition) is 1. The number of amides is 1. The molecule has 22 heavy (non-hydrogen) atoms. The standard InChI is InChI=1S/C15H11Cl2NO4/c16-10-5-7-11(8-6-10)21-9-14(19)22-15(20)18-13-4-2-1-3-12(13)17/h1-8H,9H2,(H,18,20). The minimum absolute atomic E-state index is 0.337. The molecule has 0 saturated carbocycles. The van der Waals surface area contributed by atoms with Crippen LogP contribution in [-0.2, 0) is 9.53 Å². The monoisotopic (exact) mass is 339 g/mol. The molecule has 0 fully saturated rings. The fourth-order valence-electron chi connectivity index (χ4n) is 1.50. The van der Waals surface area contributed by atoms with E-state index in [4.69, 9.17) is 27.9 Å². The summed E-state index contributed by atoms with van der Waals surface area (Å²) >= 11 is 11.6. The maximum atomic E-state index is 11.5. The van der Waals surface area contributed by atoms with Gasteiger partial charge >= 0.3 is 12.1 Å². The Bertz CT molecular complexity index is 673. The summed E-state index contributed by atoms with van der Waals surface area (Å²) in [6.07, 6.45) is -0.933. The minimum atomic E-state index is -0.933.